The van der Waals surface area contributed by atoms with Crippen LogP contribution in [-0.4, -0.2) is 18.5 Å². The van der Waals surface area contributed by atoms with Crippen molar-refractivity contribution in [1.29, 1.82) is 0 Å². The third kappa shape index (κ3) is 2.17. The molecule has 1 saturated heterocycles. The molecule has 2 fully saturated rings. The highest BCUT2D eigenvalue weighted by Gasteiger charge is 2.53. The summed E-state index contributed by atoms with van der Waals surface area (Å²) in [7, 11) is 0. The fourth-order valence-electron chi connectivity index (χ4n) is 3.31. The van der Waals surface area contributed by atoms with Crippen molar-refractivity contribution in [2.24, 2.45) is 11.3 Å². The van der Waals surface area contributed by atoms with Gasteiger partial charge in [0.05, 0.1) is 6.61 Å². The van der Waals surface area contributed by atoms with Crippen molar-refractivity contribution in [3.8, 4) is 0 Å². The van der Waals surface area contributed by atoms with E-state index in [0.717, 1.165) is 30.4 Å². The van der Waals surface area contributed by atoms with Gasteiger partial charge >= 0.3 is 0 Å². The average molecular weight is 295 g/mol. The van der Waals surface area contributed by atoms with Gasteiger partial charge in [-0.1, -0.05) is 46.3 Å². The Kier molecular flexibility index (Phi) is 3.27. The summed E-state index contributed by atoms with van der Waals surface area (Å²) in [4.78, 5) is 0. The highest BCUT2D eigenvalue weighted by Crippen LogP contribution is 2.60. The first kappa shape index (κ1) is 11.7. The van der Waals surface area contributed by atoms with Crippen LogP contribution in [0.4, 0.5) is 0 Å². The van der Waals surface area contributed by atoms with E-state index in [1.807, 2.05) is 0 Å². The Balaban J connectivity index is 1.74. The zero-order chi connectivity index (χ0) is 11.7. The van der Waals surface area contributed by atoms with E-state index in [2.05, 4.69) is 46.3 Å². The third-order valence-corrected chi connectivity index (χ3v) is 5.54. The molecule has 1 aromatic rings. The monoisotopic (exact) mass is 294 g/mol. The molecule has 1 aliphatic carbocycles. The molecule has 3 rings (SSSR count). The Morgan fingerprint density at radius 1 is 1.29 bits per heavy atom. The largest absolute Gasteiger partial charge is 0.381 e. The molecule has 92 valence electrons. The molecule has 0 aromatic heterocycles. The summed E-state index contributed by atoms with van der Waals surface area (Å²) in [5.74, 6) is 1.60. The van der Waals surface area contributed by atoms with Crippen molar-refractivity contribution >= 4 is 15.9 Å². The highest BCUT2D eigenvalue weighted by atomic mass is 79.9. The first-order chi connectivity index (χ1) is 8.36. The standard InChI is InChI=1S/C15H19BrO/c16-10-15(7-4-8-17-11-15)14-9-13(14)12-5-2-1-3-6-12/h1-3,5-6,13-14H,4,7-11H2. The van der Waals surface area contributed by atoms with Gasteiger partial charge in [0.15, 0.2) is 0 Å². The van der Waals surface area contributed by atoms with E-state index >= 15 is 0 Å². The average Bonchev–Trinajstić information content (AvgIpc) is 3.21. The SMILES string of the molecule is BrCC1(C2CC2c2ccccc2)CCCOC1. The Morgan fingerprint density at radius 2 is 2.12 bits per heavy atom. The molecule has 1 nitrogen and oxygen atoms in total. The second-order valence-corrected chi connectivity index (χ2v) is 6.07. The lowest BCUT2D eigenvalue weighted by molar-refractivity contribution is -0.00722. The number of benzene rings is 1. The van der Waals surface area contributed by atoms with Crippen molar-refractivity contribution in [2.75, 3.05) is 18.5 Å². The molecule has 3 atom stereocenters. The second kappa shape index (κ2) is 4.74. The fourth-order valence-corrected chi connectivity index (χ4v) is 4.17. The summed E-state index contributed by atoms with van der Waals surface area (Å²) in [5.41, 5.74) is 1.92. The molecule has 2 heteroatoms. The van der Waals surface area contributed by atoms with Crippen molar-refractivity contribution < 1.29 is 4.74 Å². The van der Waals surface area contributed by atoms with Gasteiger partial charge in [-0.3, -0.25) is 0 Å². The predicted octanol–water partition coefficient (Wildman–Crippen LogP) is 3.98. The normalized spacial score (nSPS) is 36.8. The summed E-state index contributed by atoms with van der Waals surface area (Å²) in [5, 5.41) is 1.09. The van der Waals surface area contributed by atoms with Crippen LogP contribution in [0.3, 0.4) is 0 Å². The number of alkyl halides is 1. The number of rotatable bonds is 3. The zero-order valence-electron chi connectivity index (χ0n) is 10.1. The quantitative estimate of drug-likeness (QED) is 0.766. The van der Waals surface area contributed by atoms with Crippen LogP contribution in [0, 0.1) is 11.3 Å². The minimum Gasteiger partial charge on any atom is -0.381 e. The molecular weight excluding hydrogens is 276 g/mol. The molecule has 1 aliphatic heterocycles. The minimum atomic E-state index is 0.402. The molecule has 1 saturated carbocycles. The van der Waals surface area contributed by atoms with Crippen LogP contribution < -0.4 is 0 Å². The Morgan fingerprint density at radius 3 is 2.76 bits per heavy atom. The molecule has 2 aliphatic rings. The first-order valence-corrected chi connectivity index (χ1v) is 7.66. The van der Waals surface area contributed by atoms with E-state index in [1.165, 1.54) is 24.8 Å². The van der Waals surface area contributed by atoms with Crippen LogP contribution >= 0.6 is 15.9 Å². The van der Waals surface area contributed by atoms with Crippen molar-refractivity contribution in [3.63, 3.8) is 0 Å². The maximum absolute atomic E-state index is 5.73. The van der Waals surface area contributed by atoms with Crippen LogP contribution in [0.2, 0.25) is 0 Å². The lowest BCUT2D eigenvalue weighted by Crippen LogP contribution is -2.36. The lowest BCUT2D eigenvalue weighted by Gasteiger charge is -2.36. The molecule has 1 heterocycles. The van der Waals surface area contributed by atoms with Crippen LogP contribution in [0.25, 0.3) is 0 Å². The number of hydrogen-bond acceptors (Lipinski definition) is 1. The first-order valence-electron chi connectivity index (χ1n) is 6.54. The summed E-state index contributed by atoms with van der Waals surface area (Å²) in [6.45, 7) is 1.91. The Labute approximate surface area is 112 Å². The number of halogens is 1. The van der Waals surface area contributed by atoms with Crippen molar-refractivity contribution in [1.82, 2.24) is 0 Å². The Hall–Kier alpha value is -0.340. The van der Waals surface area contributed by atoms with E-state index < -0.39 is 0 Å². The molecule has 0 bridgehead atoms. The van der Waals surface area contributed by atoms with Gasteiger partial charge in [-0.25, -0.2) is 0 Å². The van der Waals surface area contributed by atoms with E-state index in [1.54, 1.807) is 0 Å². The molecule has 0 spiro atoms. The van der Waals surface area contributed by atoms with Crippen LogP contribution in [0.5, 0.6) is 0 Å². The van der Waals surface area contributed by atoms with Gasteiger partial charge in [0.25, 0.3) is 0 Å². The van der Waals surface area contributed by atoms with Crippen LogP contribution in [-0.2, 0) is 4.74 Å². The summed E-state index contributed by atoms with van der Waals surface area (Å²) >= 11 is 3.73. The summed E-state index contributed by atoms with van der Waals surface area (Å²) in [6, 6.07) is 11.0. The third-order valence-electron chi connectivity index (χ3n) is 4.42. The van der Waals surface area contributed by atoms with Gasteiger partial charge in [-0.05, 0) is 36.7 Å². The zero-order valence-corrected chi connectivity index (χ0v) is 11.7. The van der Waals surface area contributed by atoms with Gasteiger partial charge in [0.2, 0.25) is 0 Å². The molecule has 1 aromatic carbocycles. The molecular formula is C15H19BrO. The molecule has 0 amide bonds. The molecule has 0 radical (unpaired) electrons. The number of ether oxygens (including phenoxy) is 1. The van der Waals surface area contributed by atoms with Crippen molar-refractivity contribution in [2.45, 2.75) is 25.2 Å². The minimum absolute atomic E-state index is 0.402. The summed E-state index contributed by atoms with van der Waals surface area (Å²) < 4.78 is 5.73. The van der Waals surface area contributed by atoms with Crippen LogP contribution in [0.15, 0.2) is 30.3 Å². The van der Waals surface area contributed by atoms with Crippen molar-refractivity contribution in [3.05, 3.63) is 35.9 Å². The highest BCUT2D eigenvalue weighted by molar-refractivity contribution is 9.09. The number of hydrogen-bond donors (Lipinski definition) is 0. The fraction of sp³-hybridized carbons (Fsp3) is 0.600. The predicted molar refractivity (Wildman–Crippen MR) is 73.6 cm³/mol. The van der Waals surface area contributed by atoms with E-state index in [0.29, 0.717) is 5.41 Å². The van der Waals surface area contributed by atoms with E-state index in [4.69, 9.17) is 4.74 Å². The van der Waals surface area contributed by atoms with E-state index in [-0.39, 0.29) is 0 Å². The van der Waals surface area contributed by atoms with Gasteiger partial charge in [0.1, 0.15) is 0 Å². The van der Waals surface area contributed by atoms with Crippen LogP contribution in [0.1, 0.15) is 30.7 Å². The topological polar surface area (TPSA) is 9.23 Å². The summed E-state index contributed by atoms with van der Waals surface area (Å²) in [6.07, 6.45) is 3.90. The lowest BCUT2D eigenvalue weighted by atomic mass is 9.78. The van der Waals surface area contributed by atoms with Gasteiger partial charge in [0, 0.05) is 17.4 Å². The molecule has 0 N–H and O–H groups in total. The molecule has 17 heavy (non-hydrogen) atoms. The second-order valence-electron chi connectivity index (χ2n) is 5.51. The molecule has 3 unspecified atom stereocenters. The smallest absolute Gasteiger partial charge is 0.0533 e. The maximum Gasteiger partial charge on any atom is 0.0533 e. The van der Waals surface area contributed by atoms with Gasteiger partial charge in [-0.15, -0.1) is 0 Å². The van der Waals surface area contributed by atoms with E-state index in [9.17, 15) is 0 Å². The van der Waals surface area contributed by atoms with Gasteiger partial charge in [-0.2, -0.15) is 0 Å². The van der Waals surface area contributed by atoms with Gasteiger partial charge < -0.3 is 4.74 Å². The maximum atomic E-state index is 5.73. The Bertz CT molecular complexity index is 370.